The summed E-state index contributed by atoms with van der Waals surface area (Å²) in [6.45, 7) is 3.95. The van der Waals surface area contributed by atoms with Gasteiger partial charge in [0, 0.05) is 13.1 Å². The lowest BCUT2D eigenvalue weighted by Crippen LogP contribution is -2.41. The summed E-state index contributed by atoms with van der Waals surface area (Å²) in [6, 6.07) is 23.6. The highest BCUT2D eigenvalue weighted by molar-refractivity contribution is 7.89. The third-order valence-corrected chi connectivity index (χ3v) is 7.43. The van der Waals surface area contributed by atoms with E-state index in [1.807, 2.05) is 54.6 Å². The lowest BCUT2D eigenvalue weighted by Gasteiger charge is -2.24. The molecule has 0 aliphatic heterocycles. The highest BCUT2D eigenvalue weighted by Gasteiger charge is 2.29. The Kier molecular flexibility index (Phi) is 7.18. The van der Waals surface area contributed by atoms with Gasteiger partial charge in [-0.05, 0) is 54.3 Å². The van der Waals surface area contributed by atoms with Crippen molar-refractivity contribution < 1.29 is 18.3 Å². The number of amides is 1. The number of H-pyrrole nitrogens is 1. The summed E-state index contributed by atoms with van der Waals surface area (Å²) in [7, 11) is -3.80. The number of nitrogens with one attached hydrogen (secondary N) is 2. The van der Waals surface area contributed by atoms with Crippen LogP contribution in [-0.4, -0.2) is 39.9 Å². The molecule has 36 heavy (non-hydrogen) atoms. The van der Waals surface area contributed by atoms with Crippen molar-refractivity contribution >= 4 is 16.1 Å². The Labute approximate surface area is 209 Å². The van der Waals surface area contributed by atoms with Crippen LogP contribution in [0, 0.1) is 0 Å². The second-order valence-corrected chi connectivity index (χ2v) is 10.6. The summed E-state index contributed by atoms with van der Waals surface area (Å²) in [5.41, 5.74) is 3.04. The Morgan fingerprint density at radius 2 is 1.61 bits per heavy atom. The molecule has 9 nitrogen and oxygen atoms in total. The first-order valence-corrected chi connectivity index (χ1v) is 12.7. The Hall–Kier alpha value is -4.02. The van der Waals surface area contributed by atoms with E-state index < -0.39 is 21.7 Å². The molecule has 1 amide bonds. The fraction of sp³-hybridized carbons (Fsp3) is 0.192. The number of aromatic amines is 1. The van der Waals surface area contributed by atoms with Crippen molar-refractivity contribution in [2.45, 2.75) is 37.4 Å². The summed E-state index contributed by atoms with van der Waals surface area (Å²) in [6.07, 6.45) is 0.476. The minimum absolute atomic E-state index is 0.128. The SMILES string of the molecule is CC(C)(NS(=O)(=O)c1ccc(-c2cccc(CN(Cc3ccccc3)C(=O)O)c2)cc1)c1cnn[nH]1. The summed E-state index contributed by atoms with van der Waals surface area (Å²) in [5.74, 6) is 0. The molecule has 0 aliphatic rings. The zero-order valence-electron chi connectivity index (χ0n) is 19.9. The maximum atomic E-state index is 13.0. The molecule has 1 aromatic heterocycles. The Morgan fingerprint density at radius 1 is 0.944 bits per heavy atom. The molecule has 0 spiro atoms. The van der Waals surface area contributed by atoms with Crippen LogP contribution in [0.4, 0.5) is 4.79 Å². The minimum Gasteiger partial charge on any atom is -0.465 e. The molecule has 4 aromatic rings. The Morgan fingerprint density at radius 3 is 2.25 bits per heavy atom. The molecule has 0 bridgehead atoms. The Bertz CT molecular complexity index is 1420. The van der Waals surface area contributed by atoms with E-state index in [0.29, 0.717) is 5.69 Å². The third-order valence-electron chi connectivity index (χ3n) is 5.76. The fourth-order valence-electron chi connectivity index (χ4n) is 3.84. The molecule has 1 heterocycles. The van der Waals surface area contributed by atoms with Gasteiger partial charge in [-0.25, -0.2) is 13.2 Å². The molecule has 0 unspecified atom stereocenters. The lowest BCUT2D eigenvalue weighted by atomic mass is 10.0. The van der Waals surface area contributed by atoms with E-state index in [4.69, 9.17) is 0 Å². The molecule has 0 aliphatic carbocycles. The van der Waals surface area contributed by atoms with Crippen molar-refractivity contribution in [1.82, 2.24) is 25.0 Å². The van der Waals surface area contributed by atoms with Crippen molar-refractivity contribution in [2.75, 3.05) is 0 Å². The summed E-state index contributed by atoms with van der Waals surface area (Å²) >= 11 is 0. The Balaban J connectivity index is 1.50. The first-order valence-electron chi connectivity index (χ1n) is 11.3. The fourth-order valence-corrected chi connectivity index (χ4v) is 5.23. The number of carboxylic acid groups (broad SMARTS) is 1. The number of hydrogen-bond acceptors (Lipinski definition) is 5. The van der Waals surface area contributed by atoms with Gasteiger partial charge in [0.1, 0.15) is 0 Å². The lowest BCUT2D eigenvalue weighted by molar-refractivity contribution is 0.139. The van der Waals surface area contributed by atoms with Crippen LogP contribution in [0.1, 0.15) is 30.7 Å². The number of nitrogens with zero attached hydrogens (tertiary/aromatic N) is 3. The predicted octanol–water partition coefficient (Wildman–Crippen LogP) is 4.37. The highest BCUT2D eigenvalue weighted by Crippen LogP contribution is 2.25. The van der Waals surface area contributed by atoms with Crippen LogP contribution in [-0.2, 0) is 28.7 Å². The molecule has 0 fully saturated rings. The number of rotatable bonds is 9. The van der Waals surface area contributed by atoms with Crippen LogP contribution in [0.2, 0.25) is 0 Å². The van der Waals surface area contributed by atoms with Gasteiger partial charge in [0.15, 0.2) is 0 Å². The van der Waals surface area contributed by atoms with Gasteiger partial charge in [-0.1, -0.05) is 65.9 Å². The third kappa shape index (κ3) is 5.96. The molecule has 0 saturated carbocycles. The van der Waals surface area contributed by atoms with E-state index >= 15 is 0 Å². The van der Waals surface area contributed by atoms with Gasteiger partial charge >= 0.3 is 6.09 Å². The number of sulfonamides is 1. The smallest absolute Gasteiger partial charge is 0.407 e. The van der Waals surface area contributed by atoms with Crippen molar-refractivity contribution in [1.29, 1.82) is 0 Å². The molecule has 186 valence electrons. The van der Waals surface area contributed by atoms with Gasteiger partial charge < -0.3 is 5.11 Å². The van der Waals surface area contributed by atoms with Gasteiger partial charge in [0.25, 0.3) is 0 Å². The van der Waals surface area contributed by atoms with Gasteiger partial charge in [-0.2, -0.15) is 4.72 Å². The van der Waals surface area contributed by atoms with Crippen LogP contribution >= 0.6 is 0 Å². The number of carbonyl (C=O) groups is 1. The van der Waals surface area contributed by atoms with E-state index in [0.717, 1.165) is 22.3 Å². The zero-order valence-corrected chi connectivity index (χ0v) is 20.7. The van der Waals surface area contributed by atoms with Crippen LogP contribution < -0.4 is 4.72 Å². The highest BCUT2D eigenvalue weighted by atomic mass is 32.2. The quantitative estimate of drug-likeness (QED) is 0.310. The molecular weight excluding hydrogens is 478 g/mol. The van der Waals surface area contributed by atoms with Gasteiger partial charge in [0.2, 0.25) is 10.0 Å². The van der Waals surface area contributed by atoms with Crippen molar-refractivity contribution in [3.05, 3.63) is 102 Å². The van der Waals surface area contributed by atoms with E-state index in [2.05, 4.69) is 20.1 Å². The van der Waals surface area contributed by atoms with Gasteiger partial charge in [0.05, 0.1) is 22.3 Å². The number of benzene rings is 3. The standard InChI is InChI=1S/C26H27N5O4S/c1-26(2,24-16-27-30-28-24)29-36(34,35)23-13-11-21(12-14-23)22-10-6-9-20(15-22)18-31(25(32)33)17-19-7-4-3-5-8-19/h3-16,29H,17-18H2,1-2H3,(H,32,33)(H,27,28,30). The van der Waals surface area contributed by atoms with Crippen LogP contribution in [0.25, 0.3) is 11.1 Å². The summed E-state index contributed by atoms with van der Waals surface area (Å²) in [5, 5.41) is 19.7. The average molecular weight is 506 g/mol. The largest absolute Gasteiger partial charge is 0.465 e. The van der Waals surface area contributed by atoms with E-state index in [1.165, 1.54) is 11.1 Å². The molecule has 0 saturated heterocycles. The molecular formula is C26H27N5O4S. The predicted molar refractivity (Wildman–Crippen MR) is 135 cm³/mol. The average Bonchev–Trinajstić information content (AvgIpc) is 3.40. The van der Waals surface area contributed by atoms with Crippen LogP contribution in [0.5, 0.6) is 0 Å². The monoisotopic (exact) mass is 505 g/mol. The minimum atomic E-state index is -3.80. The summed E-state index contributed by atoms with van der Waals surface area (Å²) in [4.78, 5) is 13.3. The topological polar surface area (TPSA) is 128 Å². The molecule has 3 N–H and O–H groups in total. The second-order valence-electron chi connectivity index (χ2n) is 8.95. The van der Waals surface area contributed by atoms with Crippen molar-refractivity contribution in [3.8, 4) is 11.1 Å². The molecule has 10 heteroatoms. The van der Waals surface area contributed by atoms with Crippen LogP contribution in [0.3, 0.4) is 0 Å². The number of hydrogen-bond donors (Lipinski definition) is 3. The molecule has 0 radical (unpaired) electrons. The molecule has 0 atom stereocenters. The van der Waals surface area contributed by atoms with Crippen LogP contribution in [0.15, 0.2) is 90.0 Å². The van der Waals surface area contributed by atoms with E-state index in [1.54, 1.807) is 38.1 Å². The maximum Gasteiger partial charge on any atom is 0.407 e. The first kappa shape index (κ1) is 25.1. The first-order chi connectivity index (χ1) is 17.1. The zero-order chi connectivity index (χ0) is 25.8. The number of aromatic nitrogens is 3. The van der Waals surface area contributed by atoms with Crippen molar-refractivity contribution in [2.24, 2.45) is 0 Å². The van der Waals surface area contributed by atoms with E-state index in [-0.39, 0.29) is 18.0 Å². The van der Waals surface area contributed by atoms with E-state index in [9.17, 15) is 18.3 Å². The van der Waals surface area contributed by atoms with Crippen molar-refractivity contribution in [3.63, 3.8) is 0 Å². The summed E-state index contributed by atoms with van der Waals surface area (Å²) < 4.78 is 28.6. The maximum absolute atomic E-state index is 13.0. The van der Waals surface area contributed by atoms with Gasteiger partial charge in [-0.3, -0.25) is 10.00 Å². The normalized spacial score (nSPS) is 11.8. The second kappa shape index (κ2) is 10.3. The van der Waals surface area contributed by atoms with Gasteiger partial charge in [-0.15, -0.1) is 5.10 Å². The molecule has 4 rings (SSSR count). The molecule has 3 aromatic carbocycles.